The monoisotopic (exact) mass is 683 g/mol. The van der Waals surface area contributed by atoms with Crippen LogP contribution in [0.4, 0.5) is 17.1 Å². The van der Waals surface area contributed by atoms with Crippen molar-refractivity contribution in [2.45, 2.75) is 19.3 Å². The van der Waals surface area contributed by atoms with Crippen LogP contribution in [-0.2, 0) is 5.41 Å². The lowest BCUT2D eigenvalue weighted by molar-refractivity contribution is 0.660. The van der Waals surface area contributed by atoms with Gasteiger partial charge < -0.3 is 9.32 Å². The highest BCUT2D eigenvalue weighted by Crippen LogP contribution is 2.52. The number of hydrogen-bond donors (Lipinski definition) is 0. The van der Waals surface area contributed by atoms with Crippen LogP contribution >= 0.6 is 11.3 Å². The predicted molar refractivity (Wildman–Crippen MR) is 222 cm³/mol. The third-order valence-corrected chi connectivity index (χ3v) is 12.4. The Hall–Kier alpha value is -6.16. The van der Waals surface area contributed by atoms with Crippen molar-refractivity contribution in [2.24, 2.45) is 0 Å². The summed E-state index contributed by atoms with van der Waals surface area (Å²) in [7, 11) is 0. The van der Waals surface area contributed by atoms with Crippen LogP contribution in [0.5, 0.6) is 0 Å². The average molecular weight is 684 g/mol. The quantitative estimate of drug-likeness (QED) is 0.184. The van der Waals surface area contributed by atoms with Gasteiger partial charge in [0.25, 0.3) is 0 Å². The number of fused-ring (bicyclic) bond motifs is 13. The molecule has 2 aromatic heterocycles. The zero-order valence-corrected chi connectivity index (χ0v) is 29.7. The molecule has 8 aromatic carbocycles. The molecule has 0 spiro atoms. The molecule has 0 atom stereocenters. The normalized spacial score (nSPS) is 13.3. The molecular weight excluding hydrogens is 651 g/mol. The first-order chi connectivity index (χ1) is 25.5. The summed E-state index contributed by atoms with van der Waals surface area (Å²) in [6.07, 6.45) is 0. The first-order valence-corrected chi connectivity index (χ1v) is 18.7. The van der Waals surface area contributed by atoms with E-state index in [1.54, 1.807) is 0 Å². The van der Waals surface area contributed by atoms with Gasteiger partial charge in [-0.25, -0.2) is 0 Å². The van der Waals surface area contributed by atoms with Crippen molar-refractivity contribution in [3.05, 3.63) is 175 Å². The van der Waals surface area contributed by atoms with Gasteiger partial charge in [-0.1, -0.05) is 129 Å². The van der Waals surface area contributed by atoms with Crippen LogP contribution in [-0.4, -0.2) is 0 Å². The van der Waals surface area contributed by atoms with Gasteiger partial charge in [0.15, 0.2) is 0 Å². The molecule has 0 bridgehead atoms. The van der Waals surface area contributed by atoms with Gasteiger partial charge in [-0.15, -0.1) is 11.3 Å². The minimum absolute atomic E-state index is 0.107. The second-order valence-electron chi connectivity index (χ2n) is 14.5. The van der Waals surface area contributed by atoms with Crippen LogP contribution in [0.15, 0.2) is 168 Å². The van der Waals surface area contributed by atoms with E-state index in [1.165, 1.54) is 64.3 Å². The third kappa shape index (κ3) is 4.17. The maximum absolute atomic E-state index is 6.94. The highest BCUT2D eigenvalue weighted by molar-refractivity contribution is 7.27. The van der Waals surface area contributed by atoms with Gasteiger partial charge in [0.1, 0.15) is 11.2 Å². The summed E-state index contributed by atoms with van der Waals surface area (Å²) < 4.78 is 9.52. The molecule has 1 aliphatic carbocycles. The second-order valence-corrected chi connectivity index (χ2v) is 15.5. The van der Waals surface area contributed by atoms with E-state index in [0.717, 1.165) is 39.0 Å². The van der Waals surface area contributed by atoms with E-state index in [2.05, 4.69) is 183 Å². The Bertz CT molecular complexity index is 3040. The Morgan fingerprint density at radius 1 is 0.481 bits per heavy atom. The number of benzene rings is 8. The third-order valence-electron chi connectivity index (χ3n) is 11.3. The van der Waals surface area contributed by atoms with E-state index >= 15 is 0 Å². The van der Waals surface area contributed by atoms with Crippen molar-refractivity contribution in [3.8, 4) is 22.3 Å². The van der Waals surface area contributed by atoms with E-state index in [1.807, 2.05) is 11.3 Å². The molecule has 52 heavy (non-hydrogen) atoms. The molecule has 0 fully saturated rings. The molecule has 246 valence electrons. The van der Waals surface area contributed by atoms with E-state index in [9.17, 15) is 0 Å². The van der Waals surface area contributed by atoms with E-state index in [0.29, 0.717) is 0 Å². The summed E-state index contributed by atoms with van der Waals surface area (Å²) in [6.45, 7) is 4.69. The minimum atomic E-state index is -0.107. The molecule has 2 nitrogen and oxygen atoms in total. The average Bonchev–Trinajstić information content (AvgIpc) is 3.84. The smallest absolute Gasteiger partial charge is 0.144 e. The molecule has 0 unspecified atom stereocenters. The van der Waals surface area contributed by atoms with Crippen molar-refractivity contribution in [1.29, 1.82) is 0 Å². The number of thiophene rings is 1. The summed E-state index contributed by atoms with van der Waals surface area (Å²) in [5, 5.41) is 7.36. The lowest BCUT2D eigenvalue weighted by atomic mass is 9.82. The predicted octanol–water partition coefficient (Wildman–Crippen LogP) is 14.6. The van der Waals surface area contributed by atoms with Gasteiger partial charge in [0.2, 0.25) is 0 Å². The second kappa shape index (κ2) is 10.9. The topological polar surface area (TPSA) is 16.4 Å². The number of anilines is 3. The molecule has 0 radical (unpaired) electrons. The highest BCUT2D eigenvalue weighted by Gasteiger charge is 2.35. The lowest BCUT2D eigenvalue weighted by Gasteiger charge is -2.28. The van der Waals surface area contributed by atoms with Gasteiger partial charge >= 0.3 is 0 Å². The Morgan fingerprint density at radius 3 is 1.96 bits per heavy atom. The molecule has 11 rings (SSSR count). The molecular formula is C49H33NOS. The Morgan fingerprint density at radius 2 is 1.12 bits per heavy atom. The maximum atomic E-state index is 6.94. The molecule has 1 aliphatic rings. The summed E-state index contributed by atoms with van der Waals surface area (Å²) in [5.41, 5.74) is 12.8. The zero-order valence-electron chi connectivity index (χ0n) is 28.9. The minimum Gasteiger partial charge on any atom is -0.455 e. The van der Waals surface area contributed by atoms with Crippen molar-refractivity contribution < 1.29 is 4.42 Å². The first-order valence-electron chi connectivity index (χ1n) is 17.9. The van der Waals surface area contributed by atoms with Crippen LogP contribution in [0.2, 0.25) is 0 Å². The van der Waals surface area contributed by atoms with Crippen LogP contribution in [0.25, 0.3) is 75.1 Å². The lowest BCUT2D eigenvalue weighted by Crippen LogP contribution is -2.16. The number of rotatable bonds is 4. The van der Waals surface area contributed by atoms with Crippen molar-refractivity contribution in [1.82, 2.24) is 0 Å². The number of furan rings is 1. The maximum Gasteiger partial charge on any atom is 0.144 e. The largest absolute Gasteiger partial charge is 0.455 e. The fourth-order valence-corrected chi connectivity index (χ4v) is 10.0. The van der Waals surface area contributed by atoms with Crippen molar-refractivity contribution in [2.75, 3.05) is 4.90 Å². The summed E-state index contributed by atoms with van der Waals surface area (Å²) >= 11 is 1.86. The first kappa shape index (κ1) is 29.6. The number of nitrogens with zero attached hydrogens (tertiary/aromatic N) is 1. The van der Waals surface area contributed by atoms with Crippen LogP contribution < -0.4 is 4.90 Å². The Labute approximate surface area is 305 Å². The molecule has 3 heteroatoms. The summed E-state index contributed by atoms with van der Waals surface area (Å²) in [5.74, 6) is 0. The molecule has 0 saturated carbocycles. The molecule has 2 heterocycles. The summed E-state index contributed by atoms with van der Waals surface area (Å²) in [4.78, 5) is 2.38. The Balaban J connectivity index is 1.14. The molecule has 0 amide bonds. The number of hydrogen-bond acceptors (Lipinski definition) is 3. The fraction of sp³-hybridized carbons (Fsp3) is 0.0612. The van der Waals surface area contributed by atoms with Crippen LogP contribution in [0, 0.1) is 0 Å². The van der Waals surface area contributed by atoms with Gasteiger partial charge in [-0.05, 0) is 81.2 Å². The van der Waals surface area contributed by atoms with E-state index < -0.39 is 0 Å². The zero-order chi connectivity index (χ0) is 34.6. The van der Waals surface area contributed by atoms with E-state index in [4.69, 9.17) is 4.42 Å². The van der Waals surface area contributed by atoms with Gasteiger partial charge in [-0.3, -0.25) is 0 Å². The van der Waals surface area contributed by atoms with Gasteiger partial charge in [-0.2, -0.15) is 0 Å². The highest BCUT2D eigenvalue weighted by atomic mass is 32.1. The summed E-state index contributed by atoms with van der Waals surface area (Å²) in [6, 6.07) is 59.6. The molecule has 0 aliphatic heterocycles. The van der Waals surface area contributed by atoms with Crippen LogP contribution in [0.1, 0.15) is 25.0 Å². The molecule has 10 aromatic rings. The Kier molecular flexibility index (Phi) is 6.21. The van der Waals surface area contributed by atoms with E-state index in [-0.39, 0.29) is 5.41 Å². The SMILES string of the molecule is CC1(C)c2ccccc2-c2ccc(N(c3ccc(-c4ccccc4)cc3)c3ccc4c(c3)oc3c5ccccc5c5c6ccccc6sc5c43)cc21. The standard InChI is InChI=1S/C49H33NOS/c1-49(2)41-18-10-8-14-35(41)36-26-24-33(28-42(36)49)50(32-22-20-31(21-23-32)30-12-4-3-5-13-30)34-25-27-39-43(29-34)51-47-38-16-7-6-15-37(38)45-40-17-9-11-19-44(40)52-48(45)46(39)47/h3-29H,1-2H3. The van der Waals surface area contributed by atoms with Gasteiger partial charge in [0, 0.05) is 64.9 Å². The molecule has 0 N–H and O–H groups in total. The van der Waals surface area contributed by atoms with Gasteiger partial charge in [0.05, 0.1) is 0 Å². The molecule has 0 saturated heterocycles. The van der Waals surface area contributed by atoms with Crippen molar-refractivity contribution in [3.63, 3.8) is 0 Å². The van der Waals surface area contributed by atoms with Crippen molar-refractivity contribution >= 4 is 81.3 Å². The fourth-order valence-electron chi connectivity index (χ4n) is 8.74. The van der Waals surface area contributed by atoms with Crippen LogP contribution in [0.3, 0.4) is 0 Å².